The highest BCUT2D eigenvalue weighted by molar-refractivity contribution is 6.74. The Bertz CT molecular complexity index is 1360. The summed E-state index contributed by atoms with van der Waals surface area (Å²) in [7, 11) is -2.43. The van der Waals surface area contributed by atoms with E-state index in [-0.39, 0.29) is 33.0 Å². The number of nitrogens with two attached hydrogens (primary N) is 2. The number of carbonyl (C=O) groups excluding carboxylic acids is 2. The Labute approximate surface area is 249 Å². The van der Waals surface area contributed by atoms with Crippen molar-refractivity contribution in [3.8, 4) is 11.5 Å². The van der Waals surface area contributed by atoms with E-state index < -0.39 is 60.9 Å². The van der Waals surface area contributed by atoms with Crippen LogP contribution in [-0.4, -0.2) is 38.4 Å². The van der Waals surface area contributed by atoms with Gasteiger partial charge in [-0.3, -0.25) is 9.59 Å². The topological polar surface area (TPSA) is 114 Å². The van der Waals surface area contributed by atoms with Gasteiger partial charge in [0.05, 0.1) is 16.1 Å². The van der Waals surface area contributed by atoms with Gasteiger partial charge in [-0.15, -0.1) is 0 Å². The molecule has 41 heavy (non-hydrogen) atoms. The summed E-state index contributed by atoms with van der Waals surface area (Å²) >= 11 is 11.7. The minimum Gasteiger partial charge on any atom is -0.480 e. The van der Waals surface area contributed by atoms with Gasteiger partial charge < -0.3 is 25.4 Å². The number of benzene rings is 2. The van der Waals surface area contributed by atoms with Gasteiger partial charge >= 0.3 is 0 Å². The van der Waals surface area contributed by atoms with Gasteiger partial charge in [-0.2, -0.15) is 0 Å². The summed E-state index contributed by atoms with van der Waals surface area (Å²) < 4.78 is 47.6. The monoisotopic (exact) mass is 628 g/mol. The molecule has 7 nitrogen and oxygen atoms in total. The summed E-state index contributed by atoms with van der Waals surface area (Å²) in [5, 5.41) is -0.354. The second-order valence-corrected chi connectivity index (χ2v) is 18.4. The summed E-state index contributed by atoms with van der Waals surface area (Å²) in [6.07, 6.45) is -1.52. The Morgan fingerprint density at radius 1 is 0.927 bits per heavy atom. The molecule has 0 heterocycles. The molecule has 2 bridgehead atoms. The zero-order chi connectivity index (χ0) is 30.5. The molecule has 4 rings (SSSR count). The molecular weight excluding hydrogens is 593 g/mol. The van der Waals surface area contributed by atoms with Crippen molar-refractivity contribution in [2.45, 2.75) is 82.9 Å². The lowest BCUT2D eigenvalue weighted by molar-refractivity contribution is -0.136. The predicted octanol–water partition coefficient (Wildman–Crippen LogP) is 6.39. The lowest BCUT2D eigenvalue weighted by Gasteiger charge is -2.46. The molecule has 0 radical (unpaired) electrons. The number of halogens is 4. The summed E-state index contributed by atoms with van der Waals surface area (Å²) in [6, 6.07) is 7.79. The molecule has 2 saturated carbocycles. The molecule has 2 aliphatic rings. The van der Waals surface area contributed by atoms with Gasteiger partial charge in [0.15, 0.2) is 20.5 Å². The fourth-order valence-electron chi connectivity index (χ4n) is 6.07. The number of hydrogen-bond donors (Lipinski definition) is 2. The van der Waals surface area contributed by atoms with E-state index in [1.807, 2.05) is 0 Å². The summed E-state index contributed by atoms with van der Waals surface area (Å²) in [5.41, 5.74) is 10.0. The van der Waals surface area contributed by atoms with Gasteiger partial charge in [-0.05, 0) is 68.1 Å². The van der Waals surface area contributed by atoms with E-state index in [1.165, 1.54) is 24.3 Å². The highest BCUT2D eigenvalue weighted by Crippen LogP contribution is 2.66. The fourth-order valence-corrected chi connectivity index (χ4v) is 7.68. The number of hydrogen-bond acceptors (Lipinski definition) is 5. The number of ether oxygens (including phenoxy) is 2. The maximum absolute atomic E-state index is 14.3. The van der Waals surface area contributed by atoms with Gasteiger partial charge in [0.1, 0.15) is 23.1 Å². The smallest absolute Gasteiger partial charge is 0.259 e. The third-order valence-electron chi connectivity index (χ3n) is 9.13. The van der Waals surface area contributed by atoms with Gasteiger partial charge in [0.25, 0.3) is 11.8 Å². The largest absolute Gasteiger partial charge is 0.480 e. The van der Waals surface area contributed by atoms with Crippen LogP contribution in [0.4, 0.5) is 8.78 Å². The van der Waals surface area contributed by atoms with Gasteiger partial charge in [-0.25, -0.2) is 8.78 Å². The molecule has 0 spiro atoms. The number of fused-ring (bicyclic) bond motifs is 2. The Kier molecular flexibility index (Phi) is 8.47. The van der Waals surface area contributed by atoms with Crippen LogP contribution in [0.25, 0.3) is 0 Å². The molecular formula is C29H36Cl2F2N2O5Si. The normalized spacial score (nSPS) is 25.5. The van der Waals surface area contributed by atoms with E-state index in [0.29, 0.717) is 19.3 Å². The van der Waals surface area contributed by atoms with Gasteiger partial charge in [-0.1, -0.05) is 44.0 Å². The fraction of sp³-hybridized carbons (Fsp3) is 0.517. The standard InChI is InChI=1S/C29H36Cl2F2N2O5Si/c1-27(2,3)41(4,5)40-22-14-28(23(25(34)36)38-16-6-8-18(30)20(32)12-16)10-11-29(22,15-28)24(26(35)37)39-17-7-9-19(31)21(33)13-17/h6-9,12-13,22-24H,10-11,14-15H2,1-5H3,(H2,34,36)(H2,35,37)/t22-,23?,24?,28-,29+/m1/s1. The number of amides is 2. The molecule has 0 aliphatic heterocycles. The Hall–Kier alpha value is -2.40. The summed E-state index contributed by atoms with van der Waals surface area (Å²) in [5.74, 6) is -2.72. The molecule has 0 saturated heterocycles. The minimum atomic E-state index is -2.43. The highest BCUT2D eigenvalue weighted by Gasteiger charge is 2.70. The van der Waals surface area contributed by atoms with Crippen molar-refractivity contribution in [1.82, 2.24) is 0 Å². The SMILES string of the molecule is CC(C)(C)[Si](C)(C)O[C@@H]1C[C@]2(C(Oc3ccc(Cl)c(F)c3)C(N)=O)CC[C@]1(C(Oc1ccc(Cl)c(F)c1)C(N)=O)C2. The zero-order valence-corrected chi connectivity index (χ0v) is 26.2. The summed E-state index contributed by atoms with van der Waals surface area (Å²) in [4.78, 5) is 26.0. The lowest BCUT2D eigenvalue weighted by atomic mass is 9.74. The van der Waals surface area contributed by atoms with Crippen molar-refractivity contribution >= 4 is 43.3 Å². The molecule has 2 unspecified atom stereocenters. The predicted molar refractivity (Wildman–Crippen MR) is 155 cm³/mol. The molecule has 5 atom stereocenters. The number of primary amides is 2. The Morgan fingerprint density at radius 3 is 1.85 bits per heavy atom. The van der Waals surface area contributed by atoms with Crippen LogP contribution in [0.3, 0.4) is 0 Å². The van der Waals surface area contributed by atoms with Crippen molar-refractivity contribution in [3.63, 3.8) is 0 Å². The second kappa shape index (κ2) is 11.0. The molecule has 0 aromatic heterocycles. The minimum absolute atomic E-state index is 0.0832. The summed E-state index contributed by atoms with van der Waals surface area (Å²) in [6.45, 7) is 10.5. The molecule has 2 amide bonds. The van der Waals surface area contributed by atoms with Gasteiger partial charge in [0.2, 0.25) is 0 Å². The van der Waals surface area contributed by atoms with Crippen LogP contribution >= 0.6 is 23.2 Å². The van der Waals surface area contributed by atoms with E-state index in [4.69, 9.17) is 48.6 Å². The first-order valence-electron chi connectivity index (χ1n) is 13.4. The van der Waals surface area contributed by atoms with E-state index >= 15 is 0 Å². The van der Waals surface area contributed by atoms with E-state index in [0.717, 1.165) is 12.1 Å². The number of carbonyl (C=O) groups is 2. The lowest BCUT2D eigenvalue weighted by Crippen LogP contribution is -2.56. The maximum atomic E-state index is 14.3. The maximum Gasteiger partial charge on any atom is 0.259 e. The molecule has 224 valence electrons. The second-order valence-electron chi connectivity index (χ2n) is 12.8. The van der Waals surface area contributed by atoms with E-state index in [2.05, 4.69) is 33.9 Å². The van der Waals surface area contributed by atoms with Crippen molar-refractivity contribution in [1.29, 1.82) is 0 Å². The quantitative estimate of drug-likeness (QED) is 0.296. The van der Waals surface area contributed by atoms with Crippen LogP contribution < -0.4 is 20.9 Å². The first kappa shape index (κ1) is 31.5. The Morgan fingerprint density at radius 2 is 1.41 bits per heavy atom. The van der Waals surface area contributed by atoms with Crippen molar-refractivity contribution < 1.29 is 32.3 Å². The molecule has 4 N–H and O–H groups in total. The van der Waals surface area contributed by atoms with Gasteiger partial charge in [0, 0.05) is 23.0 Å². The average Bonchev–Trinajstić information content (AvgIpc) is 3.38. The van der Waals surface area contributed by atoms with Crippen LogP contribution in [0.2, 0.25) is 28.2 Å². The van der Waals surface area contributed by atoms with E-state index in [1.54, 1.807) is 0 Å². The zero-order valence-electron chi connectivity index (χ0n) is 23.7. The van der Waals surface area contributed by atoms with Crippen LogP contribution in [0.1, 0.15) is 46.5 Å². The molecule has 2 aromatic rings. The van der Waals surface area contributed by atoms with Crippen LogP contribution in [-0.2, 0) is 14.0 Å². The van der Waals surface area contributed by atoms with Crippen LogP contribution in [0.15, 0.2) is 36.4 Å². The highest BCUT2D eigenvalue weighted by atomic mass is 35.5. The van der Waals surface area contributed by atoms with Crippen LogP contribution in [0.5, 0.6) is 11.5 Å². The van der Waals surface area contributed by atoms with E-state index in [9.17, 15) is 18.4 Å². The first-order valence-corrected chi connectivity index (χ1v) is 17.1. The third kappa shape index (κ3) is 5.93. The Balaban J connectivity index is 1.77. The van der Waals surface area contributed by atoms with Crippen molar-refractivity contribution in [2.24, 2.45) is 22.3 Å². The van der Waals surface area contributed by atoms with Crippen molar-refractivity contribution in [2.75, 3.05) is 0 Å². The molecule has 12 heteroatoms. The van der Waals surface area contributed by atoms with Crippen molar-refractivity contribution in [3.05, 3.63) is 58.1 Å². The number of rotatable bonds is 10. The molecule has 2 aliphatic carbocycles. The molecule has 2 fully saturated rings. The molecule has 2 aromatic carbocycles. The average molecular weight is 630 g/mol. The first-order chi connectivity index (χ1) is 18.9. The van der Waals surface area contributed by atoms with Crippen LogP contribution in [0, 0.1) is 22.5 Å². The third-order valence-corrected chi connectivity index (χ3v) is 14.2.